The summed E-state index contributed by atoms with van der Waals surface area (Å²) < 4.78 is 0. The maximum Gasteiger partial charge on any atom is 0.335 e. The molecule has 16 heavy (non-hydrogen) atoms. The van der Waals surface area contributed by atoms with Crippen molar-refractivity contribution in [3.63, 3.8) is 0 Å². The van der Waals surface area contributed by atoms with Crippen LogP contribution in [0.5, 0.6) is 0 Å². The second kappa shape index (κ2) is 4.76. The van der Waals surface area contributed by atoms with Gasteiger partial charge in [-0.15, -0.1) is 0 Å². The lowest BCUT2D eigenvalue weighted by atomic mass is 9.96. The van der Waals surface area contributed by atoms with Gasteiger partial charge in [0.15, 0.2) is 0 Å². The fourth-order valence-electron chi connectivity index (χ4n) is 1.50. The molecule has 1 unspecified atom stereocenters. The van der Waals surface area contributed by atoms with E-state index in [9.17, 15) is 14.7 Å². The van der Waals surface area contributed by atoms with Crippen molar-refractivity contribution in [3.05, 3.63) is 34.9 Å². The molecule has 0 heterocycles. The summed E-state index contributed by atoms with van der Waals surface area (Å²) in [5.41, 5.74) is -0.0147. The molecule has 1 aromatic carbocycles. The summed E-state index contributed by atoms with van der Waals surface area (Å²) in [5.74, 6) is -2.39. The van der Waals surface area contributed by atoms with Gasteiger partial charge >= 0.3 is 11.9 Å². The van der Waals surface area contributed by atoms with E-state index in [0.717, 1.165) is 0 Å². The summed E-state index contributed by atoms with van der Waals surface area (Å²) in [5, 5.41) is 27.1. The van der Waals surface area contributed by atoms with E-state index in [1.165, 1.54) is 25.1 Å². The van der Waals surface area contributed by atoms with Crippen LogP contribution in [0.1, 0.15) is 33.2 Å². The molecule has 1 atom stereocenters. The quantitative estimate of drug-likeness (QED) is 0.709. The van der Waals surface area contributed by atoms with E-state index in [-0.39, 0.29) is 23.1 Å². The van der Waals surface area contributed by atoms with Crippen LogP contribution in [0.4, 0.5) is 0 Å². The van der Waals surface area contributed by atoms with Gasteiger partial charge in [0.05, 0.1) is 17.2 Å². The molecule has 0 aliphatic rings. The molecule has 0 aliphatic heterocycles. The average molecular weight is 224 g/mol. The summed E-state index contributed by atoms with van der Waals surface area (Å²) in [6.07, 6.45) is -0.789. The van der Waals surface area contributed by atoms with Crippen molar-refractivity contribution in [2.24, 2.45) is 0 Å². The Labute approximate surface area is 92.0 Å². The normalized spacial score (nSPS) is 12.1. The molecule has 0 spiro atoms. The predicted octanol–water partition coefficient (Wildman–Crippen LogP) is 1.01. The molecule has 86 valence electrons. The maximum absolute atomic E-state index is 10.9. The molecule has 3 N–H and O–H groups in total. The van der Waals surface area contributed by atoms with Crippen molar-refractivity contribution in [3.8, 4) is 0 Å². The van der Waals surface area contributed by atoms with Gasteiger partial charge in [-0.1, -0.05) is 6.07 Å². The van der Waals surface area contributed by atoms with E-state index in [2.05, 4.69) is 0 Å². The fraction of sp³-hybridized carbons (Fsp3) is 0.273. The van der Waals surface area contributed by atoms with E-state index in [1.807, 2.05) is 0 Å². The first-order valence-corrected chi connectivity index (χ1v) is 4.70. The third kappa shape index (κ3) is 2.58. The highest BCUT2D eigenvalue weighted by molar-refractivity contribution is 5.96. The van der Waals surface area contributed by atoms with E-state index in [1.54, 1.807) is 0 Å². The summed E-state index contributed by atoms with van der Waals surface area (Å²) in [6.45, 7) is 1.48. The first kappa shape index (κ1) is 12.2. The van der Waals surface area contributed by atoms with Crippen molar-refractivity contribution in [2.45, 2.75) is 19.4 Å². The van der Waals surface area contributed by atoms with Crippen LogP contribution in [0.2, 0.25) is 0 Å². The third-order valence-corrected chi connectivity index (χ3v) is 2.14. The van der Waals surface area contributed by atoms with Gasteiger partial charge in [-0.3, -0.25) is 0 Å². The van der Waals surface area contributed by atoms with Gasteiger partial charge in [0.25, 0.3) is 0 Å². The van der Waals surface area contributed by atoms with Crippen LogP contribution in [0.25, 0.3) is 0 Å². The molecule has 0 aliphatic carbocycles. The molecular weight excluding hydrogens is 212 g/mol. The minimum Gasteiger partial charge on any atom is -0.478 e. The van der Waals surface area contributed by atoms with Gasteiger partial charge in [0, 0.05) is 0 Å². The van der Waals surface area contributed by atoms with E-state index in [4.69, 9.17) is 10.2 Å². The highest BCUT2D eigenvalue weighted by Crippen LogP contribution is 2.17. The lowest BCUT2D eigenvalue weighted by molar-refractivity contribution is 0.0694. The molecule has 0 saturated heterocycles. The van der Waals surface area contributed by atoms with Crippen molar-refractivity contribution in [2.75, 3.05) is 0 Å². The molecule has 1 aromatic rings. The SMILES string of the molecule is CC(O)Cc1c(C(=O)O)cccc1C(=O)O. The van der Waals surface area contributed by atoms with E-state index < -0.39 is 18.0 Å². The van der Waals surface area contributed by atoms with Crippen LogP contribution < -0.4 is 0 Å². The van der Waals surface area contributed by atoms with Crippen LogP contribution in [0, 0.1) is 0 Å². The molecule has 5 heteroatoms. The number of carboxylic acid groups (broad SMARTS) is 2. The number of rotatable bonds is 4. The van der Waals surface area contributed by atoms with Crippen molar-refractivity contribution >= 4 is 11.9 Å². The summed E-state index contributed by atoms with van der Waals surface area (Å²) >= 11 is 0. The summed E-state index contributed by atoms with van der Waals surface area (Å²) in [6, 6.07) is 4.03. The van der Waals surface area contributed by atoms with Crippen LogP contribution in [0.15, 0.2) is 18.2 Å². The van der Waals surface area contributed by atoms with Crippen LogP contribution in [-0.4, -0.2) is 33.4 Å². The lowest BCUT2D eigenvalue weighted by Crippen LogP contribution is -2.15. The topological polar surface area (TPSA) is 94.8 Å². The zero-order valence-electron chi connectivity index (χ0n) is 8.67. The molecule has 0 saturated carbocycles. The molecule has 0 aromatic heterocycles. The predicted molar refractivity (Wildman–Crippen MR) is 55.7 cm³/mol. The van der Waals surface area contributed by atoms with Crippen molar-refractivity contribution in [1.82, 2.24) is 0 Å². The van der Waals surface area contributed by atoms with Crippen LogP contribution in [-0.2, 0) is 6.42 Å². The molecule has 0 amide bonds. The van der Waals surface area contributed by atoms with Gasteiger partial charge in [0.2, 0.25) is 0 Å². The standard InChI is InChI=1S/C11H12O5/c1-6(12)5-9-7(10(13)14)3-2-4-8(9)11(15)16/h2-4,6,12H,5H2,1H3,(H,13,14)(H,15,16). The molecule has 0 fully saturated rings. The van der Waals surface area contributed by atoms with Gasteiger partial charge in [-0.05, 0) is 31.0 Å². The second-order valence-corrected chi connectivity index (χ2v) is 3.50. The minimum atomic E-state index is -1.20. The zero-order valence-corrected chi connectivity index (χ0v) is 8.67. The second-order valence-electron chi connectivity index (χ2n) is 3.50. The third-order valence-electron chi connectivity index (χ3n) is 2.14. The lowest BCUT2D eigenvalue weighted by Gasteiger charge is -2.11. The van der Waals surface area contributed by atoms with Crippen LogP contribution >= 0.6 is 0 Å². The Morgan fingerprint density at radius 2 is 1.62 bits per heavy atom. The number of benzene rings is 1. The average Bonchev–Trinajstić information content (AvgIpc) is 2.16. The molecule has 5 nitrogen and oxygen atoms in total. The zero-order chi connectivity index (χ0) is 12.3. The summed E-state index contributed by atoms with van der Waals surface area (Å²) in [4.78, 5) is 21.8. The molecule has 0 bridgehead atoms. The number of aliphatic hydroxyl groups excluding tert-OH is 1. The van der Waals surface area contributed by atoms with Gasteiger partial charge in [0.1, 0.15) is 0 Å². The Morgan fingerprint density at radius 1 is 1.19 bits per heavy atom. The van der Waals surface area contributed by atoms with Crippen LogP contribution in [0.3, 0.4) is 0 Å². The van der Waals surface area contributed by atoms with Gasteiger partial charge in [-0.25, -0.2) is 9.59 Å². The Kier molecular flexibility index (Phi) is 3.63. The van der Waals surface area contributed by atoms with Crippen molar-refractivity contribution in [1.29, 1.82) is 0 Å². The largest absolute Gasteiger partial charge is 0.478 e. The smallest absolute Gasteiger partial charge is 0.335 e. The molecule has 0 radical (unpaired) electrons. The first-order valence-electron chi connectivity index (χ1n) is 4.70. The maximum atomic E-state index is 10.9. The number of hydrogen-bond acceptors (Lipinski definition) is 3. The Morgan fingerprint density at radius 3 is 1.94 bits per heavy atom. The Balaban J connectivity index is 3.34. The monoisotopic (exact) mass is 224 g/mol. The molecular formula is C11H12O5. The number of carbonyl (C=O) groups is 2. The van der Waals surface area contributed by atoms with Gasteiger partial charge in [-0.2, -0.15) is 0 Å². The number of hydrogen-bond donors (Lipinski definition) is 3. The fourth-order valence-corrected chi connectivity index (χ4v) is 1.50. The first-order chi connectivity index (χ1) is 7.43. The Hall–Kier alpha value is -1.88. The summed E-state index contributed by atoms with van der Waals surface area (Å²) in [7, 11) is 0. The number of aliphatic hydroxyl groups is 1. The number of carboxylic acids is 2. The van der Waals surface area contributed by atoms with E-state index in [0.29, 0.717) is 0 Å². The number of aromatic carboxylic acids is 2. The van der Waals surface area contributed by atoms with Gasteiger partial charge < -0.3 is 15.3 Å². The highest BCUT2D eigenvalue weighted by atomic mass is 16.4. The van der Waals surface area contributed by atoms with Crippen molar-refractivity contribution < 1.29 is 24.9 Å². The Bertz CT molecular complexity index is 390. The minimum absolute atomic E-state index is 0.00407. The highest BCUT2D eigenvalue weighted by Gasteiger charge is 2.18. The molecule has 1 rings (SSSR count). The van der Waals surface area contributed by atoms with E-state index >= 15 is 0 Å².